The van der Waals surface area contributed by atoms with Gasteiger partial charge in [0.05, 0.1) is 5.75 Å². The van der Waals surface area contributed by atoms with Crippen molar-refractivity contribution >= 4 is 39.8 Å². The normalized spacial score (nSPS) is 11.9. The molecule has 0 aliphatic heterocycles. The maximum Gasteiger partial charge on any atom is 0.191 e. The smallest absolute Gasteiger partial charge is 0.191 e. The minimum Gasteiger partial charge on any atom is -0.352 e. The number of hydrogen-bond donors (Lipinski definition) is 2. The van der Waals surface area contributed by atoms with Gasteiger partial charge in [-0.15, -0.1) is 24.0 Å². The van der Waals surface area contributed by atoms with Gasteiger partial charge in [-0.25, -0.2) is 17.2 Å². The van der Waals surface area contributed by atoms with Crippen molar-refractivity contribution in [3.05, 3.63) is 70.3 Å². The van der Waals surface area contributed by atoms with E-state index >= 15 is 0 Å². The summed E-state index contributed by atoms with van der Waals surface area (Å²) in [5, 5.41) is 6.19. The summed E-state index contributed by atoms with van der Waals surface area (Å²) >= 11 is 0. The second-order valence-corrected chi connectivity index (χ2v) is 9.57. The van der Waals surface area contributed by atoms with Crippen LogP contribution in [0, 0.1) is 11.6 Å². The fourth-order valence-electron chi connectivity index (χ4n) is 2.97. The summed E-state index contributed by atoms with van der Waals surface area (Å²) in [5.41, 5.74) is 2.57. The van der Waals surface area contributed by atoms with Crippen LogP contribution in [-0.4, -0.2) is 46.7 Å². The fourth-order valence-corrected chi connectivity index (χ4v) is 3.81. The average Bonchev–Trinajstić information content (AvgIpc) is 2.65. The van der Waals surface area contributed by atoms with Crippen LogP contribution in [0.25, 0.3) is 0 Å². The van der Waals surface area contributed by atoms with E-state index in [0.717, 1.165) is 11.8 Å². The molecule has 2 aromatic rings. The summed E-state index contributed by atoms with van der Waals surface area (Å²) in [6.07, 6.45) is 1.14. The molecule has 0 heterocycles. The monoisotopic (exact) mass is 566 g/mol. The Kier molecular flexibility index (Phi) is 10.8. The highest BCUT2D eigenvalue weighted by atomic mass is 127. The van der Waals surface area contributed by atoms with Crippen molar-refractivity contribution in [3.63, 3.8) is 0 Å². The van der Waals surface area contributed by atoms with Crippen LogP contribution in [0.2, 0.25) is 0 Å². The highest BCUT2D eigenvalue weighted by molar-refractivity contribution is 14.0. The van der Waals surface area contributed by atoms with Crippen LogP contribution in [0.1, 0.15) is 22.3 Å². The van der Waals surface area contributed by atoms with Gasteiger partial charge in [-0.3, -0.25) is 4.99 Å². The Morgan fingerprint density at radius 1 is 1.00 bits per heavy atom. The van der Waals surface area contributed by atoms with Gasteiger partial charge in [-0.2, -0.15) is 0 Å². The van der Waals surface area contributed by atoms with Crippen LogP contribution in [0.5, 0.6) is 0 Å². The predicted molar refractivity (Wildman–Crippen MR) is 131 cm³/mol. The minimum absolute atomic E-state index is 0. The molecule has 0 saturated heterocycles. The molecule has 2 aromatic carbocycles. The third kappa shape index (κ3) is 9.48. The molecule has 0 aromatic heterocycles. The van der Waals surface area contributed by atoms with Crippen molar-refractivity contribution in [3.8, 4) is 0 Å². The summed E-state index contributed by atoms with van der Waals surface area (Å²) in [4.78, 5) is 6.03. The van der Waals surface area contributed by atoms with Crippen molar-refractivity contribution in [2.75, 3.05) is 27.4 Å². The maximum atomic E-state index is 13.9. The molecule has 0 fully saturated rings. The van der Waals surface area contributed by atoms with E-state index in [0.29, 0.717) is 35.7 Å². The average molecular weight is 566 g/mol. The number of halogens is 3. The first-order valence-corrected chi connectivity index (χ1v) is 11.4. The van der Waals surface area contributed by atoms with Crippen LogP contribution in [-0.2, 0) is 35.2 Å². The molecule has 2 rings (SSSR count). The van der Waals surface area contributed by atoms with E-state index in [1.165, 1.54) is 24.3 Å². The standard InChI is InChI=1S/C21H28F2N4O2S.HI/c1-24-21(25-11-15-5-8-20(23)18(9-15)13-27(2)3)26-12-17-10-19(22)7-6-16(17)14-30(4,28)29;/h5-10H,11-14H2,1-4H3,(H2,24,25,26);1H. The quantitative estimate of drug-likeness (QED) is 0.292. The Bertz CT molecular complexity index is 1010. The molecule has 0 atom stereocenters. The molecule has 0 bridgehead atoms. The first-order valence-electron chi connectivity index (χ1n) is 9.39. The summed E-state index contributed by atoms with van der Waals surface area (Å²) in [6, 6.07) is 8.98. The van der Waals surface area contributed by atoms with E-state index in [1.807, 2.05) is 19.0 Å². The highest BCUT2D eigenvalue weighted by Gasteiger charge is 2.11. The SMILES string of the molecule is CN=C(NCc1ccc(F)c(CN(C)C)c1)NCc1cc(F)ccc1CS(C)(=O)=O.I. The van der Waals surface area contributed by atoms with Crippen LogP contribution < -0.4 is 10.6 Å². The molecule has 0 radical (unpaired) electrons. The van der Waals surface area contributed by atoms with Crippen molar-refractivity contribution in [2.24, 2.45) is 4.99 Å². The van der Waals surface area contributed by atoms with Crippen LogP contribution in [0.3, 0.4) is 0 Å². The zero-order valence-corrected chi connectivity index (χ0v) is 21.2. The molecule has 0 unspecified atom stereocenters. The van der Waals surface area contributed by atoms with E-state index < -0.39 is 15.7 Å². The molecule has 31 heavy (non-hydrogen) atoms. The molecule has 6 nitrogen and oxygen atoms in total. The van der Waals surface area contributed by atoms with Gasteiger partial charge in [-0.1, -0.05) is 12.1 Å². The Morgan fingerprint density at radius 3 is 2.29 bits per heavy atom. The summed E-state index contributed by atoms with van der Waals surface area (Å²) < 4.78 is 50.9. The van der Waals surface area contributed by atoms with Crippen LogP contribution >= 0.6 is 24.0 Å². The topological polar surface area (TPSA) is 73.8 Å². The van der Waals surface area contributed by atoms with E-state index in [9.17, 15) is 17.2 Å². The summed E-state index contributed by atoms with van der Waals surface area (Å²) in [6.45, 7) is 1.12. The third-order valence-electron chi connectivity index (χ3n) is 4.31. The van der Waals surface area contributed by atoms with E-state index in [4.69, 9.17) is 0 Å². The molecular formula is C21H29F2IN4O2S. The van der Waals surface area contributed by atoms with Gasteiger partial charge < -0.3 is 15.5 Å². The van der Waals surface area contributed by atoms with Gasteiger partial charge in [-0.05, 0) is 55.1 Å². The predicted octanol–water partition coefficient (Wildman–Crippen LogP) is 3.05. The number of aliphatic imine (C=N–C) groups is 1. The molecule has 0 spiro atoms. The Morgan fingerprint density at radius 2 is 1.68 bits per heavy atom. The van der Waals surface area contributed by atoms with Crippen LogP contribution in [0.4, 0.5) is 8.78 Å². The third-order valence-corrected chi connectivity index (χ3v) is 5.15. The van der Waals surface area contributed by atoms with E-state index in [1.54, 1.807) is 19.2 Å². The molecule has 0 amide bonds. The number of hydrogen-bond acceptors (Lipinski definition) is 4. The summed E-state index contributed by atoms with van der Waals surface area (Å²) in [5.74, 6) is -0.394. The van der Waals surface area contributed by atoms with Gasteiger partial charge in [0.2, 0.25) is 0 Å². The lowest BCUT2D eigenvalue weighted by Crippen LogP contribution is -2.36. The van der Waals surface area contributed by atoms with E-state index in [-0.39, 0.29) is 42.1 Å². The van der Waals surface area contributed by atoms with Crippen LogP contribution in [0.15, 0.2) is 41.4 Å². The number of nitrogens with one attached hydrogen (secondary N) is 2. The fraction of sp³-hybridized carbons (Fsp3) is 0.381. The number of benzene rings is 2. The molecule has 0 aliphatic rings. The zero-order chi connectivity index (χ0) is 22.3. The molecular weight excluding hydrogens is 537 g/mol. The first kappa shape index (κ1) is 27.2. The second-order valence-electron chi connectivity index (χ2n) is 7.43. The number of nitrogens with zero attached hydrogens (tertiary/aromatic N) is 2. The lowest BCUT2D eigenvalue weighted by Gasteiger charge is -2.15. The molecule has 10 heteroatoms. The molecule has 0 saturated carbocycles. The maximum absolute atomic E-state index is 13.9. The Hall–Kier alpha value is -1.79. The Labute approximate surface area is 200 Å². The zero-order valence-electron chi connectivity index (χ0n) is 18.1. The Balaban J connectivity index is 0.00000480. The number of rotatable bonds is 8. The number of sulfone groups is 1. The molecule has 172 valence electrons. The largest absolute Gasteiger partial charge is 0.352 e. The minimum atomic E-state index is -3.25. The lowest BCUT2D eigenvalue weighted by atomic mass is 10.1. The van der Waals surface area contributed by atoms with Crippen molar-refractivity contribution in [1.82, 2.24) is 15.5 Å². The van der Waals surface area contributed by atoms with Gasteiger partial charge in [0.15, 0.2) is 15.8 Å². The van der Waals surface area contributed by atoms with Gasteiger partial charge in [0.1, 0.15) is 11.6 Å². The van der Waals surface area contributed by atoms with Gasteiger partial charge in [0, 0.05) is 38.5 Å². The van der Waals surface area contributed by atoms with Gasteiger partial charge in [0.25, 0.3) is 0 Å². The highest BCUT2D eigenvalue weighted by Crippen LogP contribution is 2.15. The first-order chi connectivity index (χ1) is 14.1. The molecule has 0 aliphatic carbocycles. The van der Waals surface area contributed by atoms with Crippen molar-refractivity contribution in [2.45, 2.75) is 25.4 Å². The molecule has 2 N–H and O–H groups in total. The second kappa shape index (κ2) is 12.3. The van der Waals surface area contributed by atoms with Crippen molar-refractivity contribution in [1.29, 1.82) is 0 Å². The lowest BCUT2D eigenvalue weighted by molar-refractivity contribution is 0.392. The van der Waals surface area contributed by atoms with E-state index in [2.05, 4.69) is 15.6 Å². The van der Waals surface area contributed by atoms with Gasteiger partial charge >= 0.3 is 0 Å². The number of guanidine groups is 1. The van der Waals surface area contributed by atoms with Crippen molar-refractivity contribution < 1.29 is 17.2 Å². The summed E-state index contributed by atoms with van der Waals surface area (Å²) in [7, 11) is 2.10.